The monoisotopic (exact) mass is 246 g/mol. The summed E-state index contributed by atoms with van der Waals surface area (Å²) in [7, 11) is 0. The van der Waals surface area contributed by atoms with Crippen molar-refractivity contribution in [3.8, 4) is 11.1 Å². The van der Waals surface area contributed by atoms with Crippen LogP contribution in [0.1, 0.15) is 24.5 Å². The molecule has 0 fully saturated rings. The smallest absolute Gasteiger partial charge is 0.129 e. The van der Waals surface area contributed by atoms with Crippen LogP contribution in [0, 0.1) is 18.6 Å². The quantitative estimate of drug-likeness (QED) is 0.723. The van der Waals surface area contributed by atoms with Crippen LogP contribution >= 0.6 is 0 Å². The van der Waals surface area contributed by atoms with Crippen molar-refractivity contribution in [2.75, 3.05) is 0 Å². The third-order valence-corrected chi connectivity index (χ3v) is 3.03. The Bertz CT molecular complexity index is 519. The minimum atomic E-state index is -0.451. The SMILES string of the molecule is CCCc1c(F)cc(-c2ccc(C)cc2)cc1F. The van der Waals surface area contributed by atoms with E-state index >= 15 is 0 Å². The molecule has 0 aliphatic rings. The van der Waals surface area contributed by atoms with Gasteiger partial charge >= 0.3 is 0 Å². The first kappa shape index (κ1) is 12.7. The van der Waals surface area contributed by atoms with E-state index in [0.717, 1.165) is 17.5 Å². The molecule has 0 nitrogen and oxygen atoms in total. The van der Waals surface area contributed by atoms with E-state index in [1.54, 1.807) is 0 Å². The molecule has 2 aromatic carbocycles. The van der Waals surface area contributed by atoms with E-state index in [1.165, 1.54) is 12.1 Å². The molecule has 2 heteroatoms. The summed E-state index contributed by atoms with van der Waals surface area (Å²) >= 11 is 0. The molecule has 0 aromatic heterocycles. The van der Waals surface area contributed by atoms with Crippen LogP contribution in [0.4, 0.5) is 8.78 Å². The van der Waals surface area contributed by atoms with Gasteiger partial charge in [0.2, 0.25) is 0 Å². The van der Waals surface area contributed by atoms with Gasteiger partial charge in [-0.2, -0.15) is 0 Å². The summed E-state index contributed by atoms with van der Waals surface area (Å²) in [5, 5.41) is 0. The molecule has 2 aromatic rings. The van der Waals surface area contributed by atoms with Crippen molar-refractivity contribution in [2.45, 2.75) is 26.7 Å². The Hall–Kier alpha value is -1.70. The molecule has 0 saturated carbocycles. The molecule has 0 heterocycles. The number of rotatable bonds is 3. The van der Waals surface area contributed by atoms with E-state index in [0.29, 0.717) is 12.0 Å². The minimum Gasteiger partial charge on any atom is -0.207 e. The Kier molecular flexibility index (Phi) is 3.75. The van der Waals surface area contributed by atoms with Crippen molar-refractivity contribution in [3.05, 3.63) is 59.2 Å². The van der Waals surface area contributed by atoms with Gasteiger partial charge in [0, 0.05) is 5.56 Å². The maximum Gasteiger partial charge on any atom is 0.129 e. The van der Waals surface area contributed by atoms with Crippen LogP contribution in [0.5, 0.6) is 0 Å². The first-order valence-electron chi connectivity index (χ1n) is 6.16. The van der Waals surface area contributed by atoms with E-state index in [4.69, 9.17) is 0 Å². The molecule has 0 unspecified atom stereocenters. The maximum atomic E-state index is 13.8. The molecule has 0 aliphatic carbocycles. The molecule has 0 aliphatic heterocycles. The summed E-state index contributed by atoms with van der Waals surface area (Å²) in [6.07, 6.45) is 1.17. The summed E-state index contributed by atoms with van der Waals surface area (Å²) in [4.78, 5) is 0. The van der Waals surface area contributed by atoms with E-state index in [-0.39, 0.29) is 5.56 Å². The third-order valence-electron chi connectivity index (χ3n) is 3.03. The van der Waals surface area contributed by atoms with Crippen LogP contribution in [0.15, 0.2) is 36.4 Å². The van der Waals surface area contributed by atoms with Crippen LogP contribution in [0.3, 0.4) is 0 Å². The third kappa shape index (κ3) is 2.58. The average Bonchev–Trinajstić information content (AvgIpc) is 2.34. The number of halogens is 2. The van der Waals surface area contributed by atoms with Crippen LogP contribution < -0.4 is 0 Å². The number of hydrogen-bond donors (Lipinski definition) is 0. The van der Waals surface area contributed by atoms with Gasteiger partial charge in [-0.1, -0.05) is 43.2 Å². The van der Waals surface area contributed by atoms with E-state index < -0.39 is 11.6 Å². The highest BCUT2D eigenvalue weighted by Crippen LogP contribution is 2.25. The zero-order valence-corrected chi connectivity index (χ0v) is 10.6. The van der Waals surface area contributed by atoms with Crippen molar-refractivity contribution in [1.82, 2.24) is 0 Å². The molecular formula is C16H16F2. The van der Waals surface area contributed by atoms with Crippen molar-refractivity contribution in [3.63, 3.8) is 0 Å². The molecular weight excluding hydrogens is 230 g/mol. The fourth-order valence-corrected chi connectivity index (χ4v) is 2.00. The average molecular weight is 246 g/mol. The highest BCUT2D eigenvalue weighted by molar-refractivity contribution is 5.64. The zero-order valence-electron chi connectivity index (χ0n) is 10.6. The summed E-state index contributed by atoms with van der Waals surface area (Å²) < 4.78 is 27.6. The Morgan fingerprint density at radius 1 is 0.889 bits per heavy atom. The minimum absolute atomic E-state index is 0.188. The first-order chi connectivity index (χ1) is 8.61. The summed E-state index contributed by atoms with van der Waals surface area (Å²) in [5.41, 5.74) is 2.74. The van der Waals surface area contributed by atoms with Gasteiger partial charge in [-0.25, -0.2) is 8.78 Å². The second-order valence-corrected chi connectivity index (χ2v) is 4.53. The highest BCUT2D eigenvalue weighted by Gasteiger charge is 2.11. The van der Waals surface area contributed by atoms with Gasteiger partial charge < -0.3 is 0 Å². The van der Waals surface area contributed by atoms with Crippen molar-refractivity contribution in [1.29, 1.82) is 0 Å². The predicted octanol–water partition coefficient (Wildman–Crippen LogP) is 4.89. The highest BCUT2D eigenvalue weighted by atomic mass is 19.1. The lowest BCUT2D eigenvalue weighted by atomic mass is 10.0. The van der Waals surface area contributed by atoms with Gasteiger partial charge in [0.25, 0.3) is 0 Å². The molecule has 0 spiro atoms. The molecule has 2 rings (SSSR count). The Morgan fingerprint density at radius 2 is 1.44 bits per heavy atom. The molecule has 94 valence electrons. The lowest BCUT2D eigenvalue weighted by Gasteiger charge is -2.08. The number of aryl methyl sites for hydroxylation is 1. The first-order valence-corrected chi connectivity index (χ1v) is 6.16. The fraction of sp³-hybridized carbons (Fsp3) is 0.250. The Morgan fingerprint density at radius 3 is 1.94 bits per heavy atom. The molecule has 18 heavy (non-hydrogen) atoms. The molecule has 0 N–H and O–H groups in total. The maximum absolute atomic E-state index is 13.8. The van der Waals surface area contributed by atoms with Crippen molar-refractivity contribution < 1.29 is 8.78 Å². The topological polar surface area (TPSA) is 0 Å². The fourth-order valence-electron chi connectivity index (χ4n) is 2.00. The lowest BCUT2D eigenvalue weighted by Crippen LogP contribution is -1.96. The van der Waals surface area contributed by atoms with Crippen LogP contribution in [-0.2, 0) is 6.42 Å². The van der Waals surface area contributed by atoms with Crippen LogP contribution in [0.2, 0.25) is 0 Å². The molecule has 0 amide bonds. The van der Waals surface area contributed by atoms with Gasteiger partial charge in [-0.3, -0.25) is 0 Å². The normalized spacial score (nSPS) is 10.7. The summed E-state index contributed by atoms with van der Waals surface area (Å²) in [6, 6.07) is 10.5. The molecule has 0 atom stereocenters. The van der Waals surface area contributed by atoms with Gasteiger partial charge in [-0.15, -0.1) is 0 Å². The van der Waals surface area contributed by atoms with E-state index in [2.05, 4.69) is 0 Å². The second kappa shape index (κ2) is 5.30. The van der Waals surface area contributed by atoms with E-state index in [9.17, 15) is 8.78 Å². The molecule has 0 bridgehead atoms. The van der Waals surface area contributed by atoms with Gasteiger partial charge in [0.05, 0.1) is 0 Å². The van der Waals surface area contributed by atoms with Crippen LogP contribution in [0.25, 0.3) is 11.1 Å². The summed E-state index contributed by atoms with van der Waals surface area (Å²) in [5.74, 6) is -0.903. The van der Waals surface area contributed by atoms with Crippen LogP contribution in [-0.4, -0.2) is 0 Å². The van der Waals surface area contributed by atoms with Gasteiger partial charge in [0.1, 0.15) is 11.6 Å². The van der Waals surface area contributed by atoms with Gasteiger partial charge in [-0.05, 0) is 36.6 Å². The van der Waals surface area contributed by atoms with Gasteiger partial charge in [0.15, 0.2) is 0 Å². The van der Waals surface area contributed by atoms with Crippen molar-refractivity contribution in [2.24, 2.45) is 0 Å². The molecule has 0 radical (unpaired) electrons. The Balaban J connectivity index is 2.44. The molecule has 0 saturated heterocycles. The van der Waals surface area contributed by atoms with Crippen molar-refractivity contribution >= 4 is 0 Å². The lowest BCUT2D eigenvalue weighted by molar-refractivity contribution is 0.554. The Labute approximate surface area is 106 Å². The number of benzene rings is 2. The standard InChI is InChI=1S/C16H16F2/c1-3-4-14-15(17)9-13(10-16(14)18)12-7-5-11(2)6-8-12/h5-10H,3-4H2,1-2H3. The number of hydrogen-bond acceptors (Lipinski definition) is 0. The summed E-state index contributed by atoms with van der Waals surface area (Å²) in [6.45, 7) is 3.89. The van der Waals surface area contributed by atoms with E-state index in [1.807, 2.05) is 38.1 Å². The zero-order chi connectivity index (χ0) is 13.1. The second-order valence-electron chi connectivity index (χ2n) is 4.53. The predicted molar refractivity (Wildman–Crippen MR) is 70.5 cm³/mol. The largest absolute Gasteiger partial charge is 0.207 e.